The topological polar surface area (TPSA) is 54.4 Å². The van der Waals surface area contributed by atoms with Gasteiger partial charge in [-0.2, -0.15) is 5.10 Å². The van der Waals surface area contributed by atoms with Crippen LogP contribution in [0.25, 0.3) is 10.9 Å². The van der Waals surface area contributed by atoms with Gasteiger partial charge in [0.15, 0.2) is 0 Å². The van der Waals surface area contributed by atoms with Crippen LogP contribution in [0, 0.1) is 5.82 Å². The third kappa shape index (κ3) is 2.98. The molecule has 0 radical (unpaired) electrons. The van der Waals surface area contributed by atoms with E-state index in [4.69, 9.17) is 0 Å². The van der Waals surface area contributed by atoms with E-state index in [1.807, 2.05) is 6.07 Å². The summed E-state index contributed by atoms with van der Waals surface area (Å²) in [6, 6.07) is 15.1. The van der Waals surface area contributed by atoms with Gasteiger partial charge in [-0.15, -0.1) is 0 Å². The summed E-state index contributed by atoms with van der Waals surface area (Å²) < 4.78 is 13.4. The Labute approximate surface area is 126 Å². The summed E-state index contributed by atoms with van der Waals surface area (Å²) in [6.45, 7) is 0. The van der Waals surface area contributed by atoms with Crippen molar-refractivity contribution in [2.75, 3.05) is 0 Å². The second kappa shape index (κ2) is 6.13. The monoisotopic (exact) mass is 293 g/mol. The average Bonchev–Trinajstić information content (AvgIpc) is 2.56. The fourth-order valence-corrected chi connectivity index (χ4v) is 2.02. The van der Waals surface area contributed by atoms with Crippen molar-refractivity contribution in [3.05, 3.63) is 77.7 Å². The maximum absolute atomic E-state index is 13.4. The average molecular weight is 293 g/mol. The highest BCUT2D eigenvalue weighted by molar-refractivity contribution is 5.98. The molecular formula is C17H12FN3O. The summed E-state index contributed by atoms with van der Waals surface area (Å²) in [4.78, 5) is 16.2. The first-order valence-electron chi connectivity index (χ1n) is 6.67. The number of fused-ring (bicyclic) bond motifs is 1. The van der Waals surface area contributed by atoms with E-state index in [0.29, 0.717) is 11.1 Å². The highest BCUT2D eigenvalue weighted by Crippen LogP contribution is 2.13. The van der Waals surface area contributed by atoms with Crippen molar-refractivity contribution in [1.29, 1.82) is 0 Å². The van der Waals surface area contributed by atoms with Gasteiger partial charge in [-0.25, -0.2) is 9.82 Å². The van der Waals surface area contributed by atoms with Gasteiger partial charge in [0.05, 0.1) is 11.7 Å². The lowest BCUT2D eigenvalue weighted by Crippen LogP contribution is -2.17. The summed E-state index contributed by atoms with van der Waals surface area (Å²) in [5.41, 5.74) is 3.97. The van der Waals surface area contributed by atoms with Crippen LogP contribution >= 0.6 is 0 Å². The first kappa shape index (κ1) is 13.9. The van der Waals surface area contributed by atoms with Gasteiger partial charge in [-0.1, -0.05) is 24.3 Å². The van der Waals surface area contributed by atoms with Crippen LogP contribution in [0.5, 0.6) is 0 Å². The number of benzene rings is 2. The summed E-state index contributed by atoms with van der Waals surface area (Å²) in [5, 5.41) is 4.65. The summed E-state index contributed by atoms with van der Waals surface area (Å²) in [5.74, 6) is -0.754. The highest BCUT2D eigenvalue weighted by atomic mass is 19.1. The Morgan fingerprint density at radius 2 is 2.00 bits per heavy atom. The lowest BCUT2D eigenvalue weighted by Gasteiger charge is -2.02. The molecule has 5 heteroatoms. The molecule has 0 aliphatic heterocycles. The number of carbonyl (C=O) groups is 1. The van der Waals surface area contributed by atoms with Gasteiger partial charge in [0.1, 0.15) is 5.82 Å². The van der Waals surface area contributed by atoms with Gasteiger partial charge in [-0.3, -0.25) is 9.78 Å². The quantitative estimate of drug-likeness (QED) is 0.596. The smallest absolute Gasteiger partial charge is 0.267 e. The minimum absolute atomic E-state index is 0.311. The Morgan fingerprint density at radius 1 is 1.14 bits per heavy atom. The maximum Gasteiger partial charge on any atom is 0.271 e. The molecule has 2 aromatic carbocycles. The largest absolute Gasteiger partial charge is 0.271 e. The lowest BCUT2D eigenvalue weighted by atomic mass is 10.1. The molecule has 1 amide bonds. The molecule has 0 fully saturated rings. The van der Waals surface area contributed by atoms with Gasteiger partial charge < -0.3 is 0 Å². The summed E-state index contributed by atoms with van der Waals surface area (Å²) in [6.07, 6.45) is 2.97. The second-order valence-corrected chi connectivity index (χ2v) is 4.63. The predicted molar refractivity (Wildman–Crippen MR) is 83.2 cm³/mol. The number of pyridine rings is 1. The van der Waals surface area contributed by atoms with Crippen molar-refractivity contribution < 1.29 is 9.18 Å². The summed E-state index contributed by atoms with van der Waals surface area (Å²) >= 11 is 0. The molecule has 1 heterocycles. The predicted octanol–water partition coefficient (Wildman–Crippen LogP) is 3.14. The molecule has 0 aliphatic rings. The molecule has 0 bridgehead atoms. The van der Waals surface area contributed by atoms with Crippen molar-refractivity contribution in [1.82, 2.24) is 10.4 Å². The molecule has 0 aliphatic carbocycles. The van der Waals surface area contributed by atoms with Crippen LogP contribution < -0.4 is 5.43 Å². The van der Waals surface area contributed by atoms with E-state index in [1.54, 1.807) is 48.7 Å². The molecule has 1 N–H and O–H groups in total. The number of aromatic nitrogens is 1. The number of hydrazone groups is 1. The van der Waals surface area contributed by atoms with Crippen molar-refractivity contribution in [2.24, 2.45) is 5.10 Å². The zero-order chi connectivity index (χ0) is 15.4. The van der Waals surface area contributed by atoms with Gasteiger partial charge in [0, 0.05) is 22.7 Å². The fraction of sp³-hybridized carbons (Fsp3) is 0. The number of nitrogens with zero attached hydrogens (tertiary/aromatic N) is 2. The van der Waals surface area contributed by atoms with E-state index in [2.05, 4.69) is 15.5 Å². The van der Waals surface area contributed by atoms with E-state index >= 15 is 0 Å². The van der Waals surface area contributed by atoms with Crippen molar-refractivity contribution >= 4 is 23.0 Å². The SMILES string of the molecule is O=C(N/N=C\c1ccccc1F)c1ccc2ncccc2c1. The van der Waals surface area contributed by atoms with E-state index in [1.165, 1.54) is 12.3 Å². The van der Waals surface area contributed by atoms with Crippen molar-refractivity contribution in [3.8, 4) is 0 Å². The Hall–Kier alpha value is -3.08. The van der Waals surface area contributed by atoms with Crippen LogP contribution in [0.2, 0.25) is 0 Å². The standard InChI is InChI=1S/C17H12FN3O/c18-15-6-2-1-4-14(15)11-20-21-17(22)13-7-8-16-12(10-13)5-3-9-19-16/h1-11H,(H,21,22)/b20-11-. The molecule has 4 nitrogen and oxygen atoms in total. The fourth-order valence-electron chi connectivity index (χ4n) is 2.02. The molecule has 1 aromatic heterocycles. The third-order valence-corrected chi connectivity index (χ3v) is 3.14. The Balaban J connectivity index is 1.74. The van der Waals surface area contributed by atoms with E-state index in [9.17, 15) is 9.18 Å². The third-order valence-electron chi connectivity index (χ3n) is 3.14. The minimum Gasteiger partial charge on any atom is -0.267 e. The number of carbonyl (C=O) groups excluding carboxylic acids is 1. The van der Waals surface area contributed by atoms with Crippen LogP contribution in [-0.2, 0) is 0 Å². The van der Waals surface area contributed by atoms with Gasteiger partial charge in [0.25, 0.3) is 5.91 Å². The number of halogens is 1. The Bertz CT molecular complexity index is 861. The zero-order valence-corrected chi connectivity index (χ0v) is 11.5. The van der Waals surface area contributed by atoms with Crippen LogP contribution in [0.15, 0.2) is 65.9 Å². The number of rotatable bonds is 3. The number of nitrogens with one attached hydrogen (secondary N) is 1. The van der Waals surface area contributed by atoms with Crippen LogP contribution in [0.4, 0.5) is 4.39 Å². The van der Waals surface area contributed by atoms with Crippen LogP contribution in [-0.4, -0.2) is 17.1 Å². The van der Waals surface area contributed by atoms with Crippen molar-refractivity contribution in [3.63, 3.8) is 0 Å². The van der Waals surface area contributed by atoms with Crippen molar-refractivity contribution in [2.45, 2.75) is 0 Å². The number of hydrogen-bond donors (Lipinski definition) is 1. The normalized spacial score (nSPS) is 11.0. The molecule has 0 saturated heterocycles. The second-order valence-electron chi connectivity index (χ2n) is 4.63. The van der Waals surface area contributed by atoms with E-state index < -0.39 is 5.82 Å². The molecule has 108 valence electrons. The molecule has 0 spiro atoms. The molecular weight excluding hydrogens is 281 g/mol. The number of hydrogen-bond acceptors (Lipinski definition) is 3. The first-order valence-corrected chi connectivity index (χ1v) is 6.67. The van der Waals surface area contributed by atoms with Crippen LogP contribution in [0.3, 0.4) is 0 Å². The highest BCUT2D eigenvalue weighted by Gasteiger charge is 2.05. The Morgan fingerprint density at radius 3 is 2.86 bits per heavy atom. The number of amides is 1. The molecule has 3 aromatic rings. The molecule has 22 heavy (non-hydrogen) atoms. The van der Waals surface area contributed by atoms with Gasteiger partial charge >= 0.3 is 0 Å². The lowest BCUT2D eigenvalue weighted by molar-refractivity contribution is 0.0955. The Kier molecular flexibility index (Phi) is 3.87. The molecule has 0 atom stereocenters. The summed E-state index contributed by atoms with van der Waals surface area (Å²) in [7, 11) is 0. The minimum atomic E-state index is -0.391. The first-order chi connectivity index (χ1) is 10.7. The zero-order valence-electron chi connectivity index (χ0n) is 11.5. The van der Waals surface area contributed by atoms with E-state index in [0.717, 1.165) is 10.9 Å². The van der Waals surface area contributed by atoms with E-state index in [-0.39, 0.29) is 5.91 Å². The van der Waals surface area contributed by atoms with Gasteiger partial charge in [-0.05, 0) is 30.3 Å². The van der Waals surface area contributed by atoms with Gasteiger partial charge in [0.2, 0.25) is 0 Å². The molecule has 3 rings (SSSR count). The van der Waals surface area contributed by atoms with Crippen LogP contribution in [0.1, 0.15) is 15.9 Å². The maximum atomic E-state index is 13.4. The molecule has 0 saturated carbocycles. The molecule has 0 unspecified atom stereocenters.